The molecule has 0 saturated carbocycles. The molecule has 0 amide bonds. The van der Waals surface area contributed by atoms with Crippen molar-refractivity contribution < 1.29 is 4.79 Å². The maximum atomic E-state index is 12.2. The van der Waals surface area contributed by atoms with Gasteiger partial charge in [-0.3, -0.25) is 9.59 Å². The molecular weight excluding hydrogens is 274 g/mol. The molecule has 1 aromatic heterocycles. The van der Waals surface area contributed by atoms with Gasteiger partial charge in [-0.1, -0.05) is 12.1 Å². The Kier molecular flexibility index (Phi) is 4.09. The van der Waals surface area contributed by atoms with Gasteiger partial charge in [0.1, 0.15) is 0 Å². The first kappa shape index (κ1) is 14.5. The standard InChI is InChI=1S/C16H16ClNO2/c1-4-18-14(8-7-13(15(17)19)16(18)20)12-6-5-10(2)11(3)9-12/h5-9H,4H2,1-3H3. The Morgan fingerprint density at radius 3 is 2.40 bits per heavy atom. The number of halogens is 1. The third kappa shape index (κ3) is 2.54. The summed E-state index contributed by atoms with van der Waals surface area (Å²) in [6.07, 6.45) is 0. The number of aryl methyl sites for hydroxylation is 2. The Balaban J connectivity index is 2.68. The molecule has 1 heterocycles. The summed E-state index contributed by atoms with van der Waals surface area (Å²) in [4.78, 5) is 23.5. The van der Waals surface area contributed by atoms with Crippen molar-refractivity contribution in [1.82, 2.24) is 4.57 Å². The van der Waals surface area contributed by atoms with Crippen LogP contribution in [-0.2, 0) is 6.54 Å². The van der Waals surface area contributed by atoms with E-state index in [-0.39, 0.29) is 11.1 Å². The van der Waals surface area contributed by atoms with E-state index in [9.17, 15) is 9.59 Å². The number of benzene rings is 1. The Morgan fingerprint density at radius 2 is 1.85 bits per heavy atom. The van der Waals surface area contributed by atoms with E-state index in [4.69, 9.17) is 11.6 Å². The summed E-state index contributed by atoms with van der Waals surface area (Å²) in [5.74, 6) is 0. The van der Waals surface area contributed by atoms with Crippen molar-refractivity contribution in [3.63, 3.8) is 0 Å². The number of aromatic nitrogens is 1. The van der Waals surface area contributed by atoms with Crippen LogP contribution in [0.25, 0.3) is 11.3 Å². The molecular formula is C16H16ClNO2. The lowest BCUT2D eigenvalue weighted by molar-refractivity contribution is 0.107. The fourth-order valence-corrected chi connectivity index (χ4v) is 2.34. The molecule has 0 bridgehead atoms. The lowest BCUT2D eigenvalue weighted by Gasteiger charge is -2.13. The normalized spacial score (nSPS) is 10.6. The molecule has 0 fully saturated rings. The van der Waals surface area contributed by atoms with Gasteiger partial charge in [0.2, 0.25) is 0 Å². The van der Waals surface area contributed by atoms with Crippen LogP contribution < -0.4 is 5.56 Å². The van der Waals surface area contributed by atoms with Gasteiger partial charge in [0, 0.05) is 6.54 Å². The summed E-state index contributed by atoms with van der Waals surface area (Å²) in [5, 5.41) is -0.719. The highest BCUT2D eigenvalue weighted by atomic mass is 35.5. The van der Waals surface area contributed by atoms with Crippen LogP contribution in [0.15, 0.2) is 35.1 Å². The van der Waals surface area contributed by atoms with E-state index >= 15 is 0 Å². The molecule has 20 heavy (non-hydrogen) atoms. The van der Waals surface area contributed by atoms with Crippen molar-refractivity contribution in [2.75, 3.05) is 0 Å². The summed E-state index contributed by atoms with van der Waals surface area (Å²) in [5.41, 5.74) is 3.79. The molecule has 1 aromatic carbocycles. The zero-order valence-corrected chi connectivity index (χ0v) is 12.5. The first-order chi connectivity index (χ1) is 9.45. The van der Waals surface area contributed by atoms with Crippen molar-refractivity contribution >= 4 is 16.8 Å². The Hall–Kier alpha value is -1.87. The molecule has 0 spiro atoms. The van der Waals surface area contributed by atoms with Gasteiger partial charge in [-0.15, -0.1) is 0 Å². The predicted molar refractivity (Wildman–Crippen MR) is 81.5 cm³/mol. The number of nitrogens with zero attached hydrogens (tertiary/aromatic N) is 1. The van der Waals surface area contributed by atoms with E-state index in [0.717, 1.165) is 16.8 Å². The molecule has 4 heteroatoms. The third-order valence-corrected chi connectivity index (χ3v) is 3.71. The minimum Gasteiger partial charge on any atom is -0.308 e. The number of hydrogen-bond donors (Lipinski definition) is 0. The van der Waals surface area contributed by atoms with Crippen molar-refractivity contribution in [1.29, 1.82) is 0 Å². The number of hydrogen-bond acceptors (Lipinski definition) is 2. The first-order valence-corrected chi connectivity index (χ1v) is 6.84. The molecule has 0 unspecified atom stereocenters. The molecule has 0 atom stereocenters. The molecule has 104 valence electrons. The molecule has 0 aliphatic carbocycles. The minimum atomic E-state index is -0.719. The van der Waals surface area contributed by atoms with Gasteiger partial charge in [-0.2, -0.15) is 0 Å². The maximum absolute atomic E-state index is 12.2. The third-order valence-electron chi connectivity index (χ3n) is 3.50. The highest BCUT2D eigenvalue weighted by Gasteiger charge is 2.13. The topological polar surface area (TPSA) is 39.1 Å². The highest BCUT2D eigenvalue weighted by Crippen LogP contribution is 2.21. The first-order valence-electron chi connectivity index (χ1n) is 6.47. The summed E-state index contributed by atoms with van der Waals surface area (Å²) in [6.45, 7) is 6.43. The van der Waals surface area contributed by atoms with E-state index in [0.29, 0.717) is 6.54 Å². The van der Waals surface area contributed by atoms with Gasteiger partial charge in [-0.25, -0.2) is 0 Å². The van der Waals surface area contributed by atoms with Gasteiger partial charge < -0.3 is 4.57 Å². The maximum Gasteiger partial charge on any atom is 0.263 e. The van der Waals surface area contributed by atoms with Gasteiger partial charge in [0.15, 0.2) is 0 Å². The predicted octanol–water partition coefficient (Wildman–Crippen LogP) is 3.53. The Bertz CT molecular complexity index is 732. The quantitative estimate of drug-likeness (QED) is 0.811. The van der Waals surface area contributed by atoms with E-state index < -0.39 is 5.24 Å². The van der Waals surface area contributed by atoms with Crippen LogP contribution in [0.3, 0.4) is 0 Å². The molecule has 2 aromatic rings. The number of carbonyl (C=O) groups excluding carboxylic acids is 1. The molecule has 0 saturated heterocycles. The summed E-state index contributed by atoms with van der Waals surface area (Å²) >= 11 is 5.43. The van der Waals surface area contributed by atoms with Crippen LogP contribution in [0.4, 0.5) is 0 Å². The van der Waals surface area contributed by atoms with Gasteiger partial charge >= 0.3 is 0 Å². The minimum absolute atomic E-state index is 0.0149. The average molecular weight is 290 g/mol. The van der Waals surface area contributed by atoms with E-state index in [1.807, 2.05) is 39.0 Å². The van der Waals surface area contributed by atoms with E-state index in [1.165, 1.54) is 11.6 Å². The van der Waals surface area contributed by atoms with Gasteiger partial charge in [0.25, 0.3) is 10.8 Å². The van der Waals surface area contributed by atoms with Gasteiger partial charge in [0.05, 0.1) is 11.3 Å². The number of pyridine rings is 1. The van der Waals surface area contributed by atoms with E-state index in [2.05, 4.69) is 0 Å². The van der Waals surface area contributed by atoms with Gasteiger partial charge in [-0.05, 0) is 67.3 Å². The SMILES string of the molecule is CCn1c(-c2ccc(C)c(C)c2)ccc(C(=O)Cl)c1=O. The van der Waals surface area contributed by atoms with E-state index in [1.54, 1.807) is 10.6 Å². The zero-order valence-electron chi connectivity index (χ0n) is 11.7. The van der Waals surface area contributed by atoms with Crippen molar-refractivity contribution in [2.45, 2.75) is 27.3 Å². The summed E-state index contributed by atoms with van der Waals surface area (Å²) in [7, 11) is 0. The Morgan fingerprint density at radius 1 is 1.15 bits per heavy atom. The van der Waals surface area contributed by atoms with Crippen molar-refractivity contribution in [2.24, 2.45) is 0 Å². The average Bonchev–Trinajstić information content (AvgIpc) is 2.41. The summed E-state index contributed by atoms with van der Waals surface area (Å²) < 4.78 is 1.57. The molecule has 0 N–H and O–H groups in total. The van der Waals surface area contributed by atoms with Crippen LogP contribution in [0, 0.1) is 13.8 Å². The second-order valence-corrected chi connectivity index (χ2v) is 5.10. The smallest absolute Gasteiger partial charge is 0.263 e. The van der Waals surface area contributed by atoms with Crippen molar-refractivity contribution in [3.05, 3.63) is 57.4 Å². The molecule has 2 rings (SSSR count). The lowest BCUT2D eigenvalue weighted by Crippen LogP contribution is -2.25. The molecule has 3 nitrogen and oxygen atoms in total. The van der Waals surface area contributed by atoms with Crippen LogP contribution >= 0.6 is 11.6 Å². The second-order valence-electron chi connectivity index (χ2n) is 4.75. The second kappa shape index (κ2) is 5.63. The highest BCUT2D eigenvalue weighted by molar-refractivity contribution is 6.67. The molecule has 0 aliphatic rings. The zero-order chi connectivity index (χ0) is 14.9. The molecule has 0 radical (unpaired) electrons. The number of rotatable bonds is 3. The lowest BCUT2D eigenvalue weighted by atomic mass is 10.0. The fourth-order valence-electron chi connectivity index (χ4n) is 2.19. The van der Waals surface area contributed by atoms with Crippen LogP contribution in [0.5, 0.6) is 0 Å². The summed E-state index contributed by atoms with van der Waals surface area (Å²) in [6, 6.07) is 9.30. The van der Waals surface area contributed by atoms with Crippen LogP contribution in [0.1, 0.15) is 28.4 Å². The number of carbonyl (C=O) groups is 1. The fraction of sp³-hybridized carbons (Fsp3) is 0.250. The van der Waals surface area contributed by atoms with Crippen LogP contribution in [-0.4, -0.2) is 9.81 Å². The molecule has 0 aliphatic heterocycles. The Labute approximate surface area is 122 Å². The van der Waals surface area contributed by atoms with Crippen LogP contribution in [0.2, 0.25) is 0 Å². The largest absolute Gasteiger partial charge is 0.308 e. The monoisotopic (exact) mass is 289 g/mol. The van der Waals surface area contributed by atoms with Crippen molar-refractivity contribution in [3.8, 4) is 11.3 Å².